The zero-order valence-corrected chi connectivity index (χ0v) is 14.2. The van der Waals surface area contributed by atoms with E-state index in [4.69, 9.17) is 20.4 Å². The number of rotatable bonds is 8. The fourth-order valence-corrected chi connectivity index (χ4v) is 1.07. The maximum Gasteiger partial charge on any atom is 2.00 e. The van der Waals surface area contributed by atoms with Crippen LogP contribution < -0.4 is 9.79 Å². The summed E-state index contributed by atoms with van der Waals surface area (Å²) >= 11 is 0. The maximum absolute atomic E-state index is 10.1. The Labute approximate surface area is 120 Å². The van der Waals surface area contributed by atoms with Crippen molar-refractivity contribution in [3.63, 3.8) is 0 Å². The van der Waals surface area contributed by atoms with E-state index in [-0.39, 0.29) is 19.5 Å². The summed E-state index contributed by atoms with van der Waals surface area (Å²) in [5.41, 5.74) is 0. The zero-order chi connectivity index (χ0) is 14.7. The van der Waals surface area contributed by atoms with Crippen LogP contribution in [0.3, 0.4) is 0 Å². The molecule has 0 atom stereocenters. The largest absolute Gasteiger partial charge is 2.00 e. The van der Waals surface area contributed by atoms with Gasteiger partial charge in [-0.15, -0.1) is 0 Å². The SMILES string of the molecule is O=P([O-])(OCO)OCO.O=P([O-])(OCO)OCO.[Zn+2]. The predicted molar refractivity (Wildman–Crippen MR) is 47.9 cm³/mol. The van der Waals surface area contributed by atoms with Crippen LogP contribution in [-0.4, -0.2) is 47.6 Å². The molecule has 0 bridgehead atoms. The molecule has 0 spiro atoms. The Bertz CT molecular complexity index is 237. The minimum absolute atomic E-state index is 0. The molecule has 4 N–H and O–H groups in total. The van der Waals surface area contributed by atoms with Crippen LogP contribution in [0.4, 0.5) is 0 Å². The second kappa shape index (κ2) is 13.7. The van der Waals surface area contributed by atoms with Crippen LogP contribution in [0.25, 0.3) is 0 Å². The van der Waals surface area contributed by atoms with Gasteiger partial charge in [0.25, 0.3) is 15.6 Å². The van der Waals surface area contributed by atoms with Crippen LogP contribution in [0.5, 0.6) is 0 Å². The van der Waals surface area contributed by atoms with Crippen molar-refractivity contribution in [2.45, 2.75) is 0 Å². The molecule has 0 heterocycles. The van der Waals surface area contributed by atoms with Crippen LogP contribution in [0.1, 0.15) is 0 Å². The van der Waals surface area contributed by atoms with Crippen LogP contribution in [0, 0.1) is 0 Å². The number of hydrogen-bond donors (Lipinski definition) is 4. The van der Waals surface area contributed by atoms with E-state index in [1.807, 2.05) is 0 Å². The molecule has 0 fully saturated rings. The first kappa shape index (κ1) is 24.7. The summed E-state index contributed by atoms with van der Waals surface area (Å²) in [6.07, 6.45) is 0. The van der Waals surface area contributed by atoms with E-state index in [0.29, 0.717) is 0 Å². The molecule has 0 aromatic heterocycles. The van der Waals surface area contributed by atoms with Crippen molar-refractivity contribution in [2.75, 3.05) is 27.2 Å². The van der Waals surface area contributed by atoms with Crippen molar-refractivity contribution in [1.82, 2.24) is 0 Å². The minimum Gasteiger partial charge on any atom is -0.756 e. The Morgan fingerprint density at radius 3 is 0.947 bits per heavy atom. The van der Waals surface area contributed by atoms with Crippen LogP contribution in [0.2, 0.25) is 0 Å². The fourth-order valence-electron chi connectivity index (χ4n) is 0.357. The molecule has 15 heteroatoms. The first-order chi connectivity index (χ1) is 8.24. The Balaban J connectivity index is -0.000000256. The van der Waals surface area contributed by atoms with Gasteiger partial charge in [-0.05, 0) is 0 Å². The summed E-state index contributed by atoms with van der Waals surface area (Å²) in [4.78, 5) is 20.2. The van der Waals surface area contributed by atoms with E-state index in [9.17, 15) is 18.9 Å². The van der Waals surface area contributed by atoms with Gasteiger partial charge < -0.3 is 30.2 Å². The standard InChI is InChI=1S/2C2H7O6P.Zn/c2*3-1-7-9(5,6)8-2-4;/h2*3-4H,1-2H2,(H,5,6);/q;;+2/p-2. The van der Waals surface area contributed by atoms with Crippen LogP contribution >= 0.6 is 15.6 Å². The van der Waals surface area contributed by atoms with E-state index in [2.05, 4.69) is 18.1 Å². The molecule has 0 aliphatic carbocycles. The average Bonchev–Trinajstić information content (AvgIpc) is 2.17. The van der Waals surface area contributed by atoms with Gasteiger partial charge in [-0.3, -0.25) is 27.2 Å². The molecule has 19 heavy (non-hydrogen) atoms. The Hall–Kier alpha value is 0.683. The molecule has 0 rings (SSSR count). The van der Waals surface area contributed by atoms with Crippen molar-refractivity contribution < 1.29 is 76.9 Å². The third-order valence-corrected chi connectivity index (χ3v) is 2.59. The summed E-state index contributed by atoms with van der Waals surface area (Å²) < 4.78 is 34.8. The van der Waals surface area contributed by atoms with Crippen LogP contribution in [-0.2, 0) is 46.7 Å². The first-order valence-corrected chi connectivity index (χ1v) is 6.80. The fraction of sp³-hybridized carbons (Fsp3) is 1.00. The number of aliphatic hydroxyl groups excluding tert-OH is 4. The summed E-state index contributed by atoms with van der Waals surface area (Å²) in [5.74, 6) is 0. The Morgan fingerprint density at radius 2 is 0.842 bits per heavy atom. The smallest absolute Gasteiger partial charge is 0.756 e. The molecule has 12 nitrogen and oxygen atoms in total. The summed E-state index contributed by atoms with van der Waals surface area (Å²) in [7, 11) is -8.89. The van der Waals surface area contributed by atoms with E-state index in [1.165, 1.54) is 0 Å². The molecule has 0 radical (unpaired) electrons. The van der Waals surface area contributed by atoms with Gasteiger partial charge >= 0.3 is 19.5 Å². The van der Waals surface area contributed by atoms with Gasteiger partial charge in [0.05, 0.1) is 0 Å². The average molecular weight is 379 g/mol. The third-order valence-electron chi connectivity index (χ3n) is 0.863. The van der Waals surface area contributed by atoms with E-state index in [1.54, 1.807) is 0 Å². The molecule has 0 aliphatic heterocycles. The van der Waals surface area contributed by atoms with Crippen LogP contribution in [0.15, 0.2) is 0 Å². The molecule has 0 saturated carbocycles. The van der Waals surface area contributed by atoms with Gasteiger partial charge in [0.1, 0.15) is 0 Å². The Morgan fingerprint density at radius 1 is 0.684 bits per heavy atom. The normalized spacial score (nSPS) is 11.3. The van der Waals surface area contributed by atoms with Gasteiger partial charge in [-0.2, -0.15) is 0 Å². The van der Waals surface area contributed by atoms with E-state index in [0.717, 1.165) is 0 Å². The first-order valence-electron chi connectivity index (χ1n) is 3.88. The van der Waals surface area contributed by atoms with Crippen molar-refractivity contribution in [3.05, 3.63) is 0 Å². The summed E-state index contributed by atoms with van der Waals surface area (Å²) in [6, 6.07) is 0. The molecule has 0 aromatic carbocycles. The topological polar surface area (TPSA) is 198 Å². The van der Waals surface area contributed by atoms with Crippen molar-refractivity contribution in [2.24, 2.45) is 0 Å². The van der Waals surface area contributed by atoms with E-state index >= 15 is 0 Å². The third kappa shape index (κ3) is 18.7. The number of hydrogen-bond acceptors (Lipinski definition) is 12. The number of phosphoric ester groups is 2. The second-order valence-corrected chi connectivity index (χ2v) is 4.75. The molecule has 0 unspecified atom stereocenters. The second-order valence-electron chi connectivity index (χ2n) is 1.93. The van der Waals surface area contributed by atoms with Gasteiger partial charge in [-0.1, -0.05) is 0 Å². The number of phosphoric acid groups is 2. The molecule has 0 amide bonds. The monoisotopic (exact) mass is 378 g/mol. The molecule has 0 aliphatic rings. The van der Waals surface area contributed by atoms with Gasteiger partial charge in [0, 0.05) is 0 Å². The zero-order valence-electron chi connectivity index (χ0n) is 9.48. The van der Waals surface area contributed by atoms with Crippen molar-refractivity contribution in [3.8, 4) is 0 Å². The predicted octanol–water partition coefficient (Wildman–Crippen LogP) is -3.23. The maximum atomic E-state index is 10.1. The molecule has 0 aromatic rings. The molecule has 112 valence electrons. The molecule has 0 saturated heterocycles. The van der Waals surface area contributed by atoms with Gasteiger partial charge in [-0.25, -0.2) is 0 Å². The quantitative estimate of drug-likeness (QED) is 0.187. The Kier molecular flexibility index (Phi) is 17.7. The summed E-state index contributed by atoms with van der Waals surface area (Å²) in [5, 5.41) is 31.5. The summed E-state index contributed by atoms with van der Waals surface area (Å²) in [6.45, 7) is -3.94. The minimum atomic E-state index is -4.44. The van der Waals surface area contributed by atoms with E-state index < -0.39 is 42.8 Å². The van der Waals surface area contributed by atoms with Crippen molar-refractivity contribution >= 4 is 15.6 Å². The molecular weight excluding hydrogens is 367 g/mol. The molecular formula is C4H12O12P2Zn. The van der Waals surface area contributed by atoms with Gasteiger partial charge in [0.2, 0.25) is 0 Å². The number of aliphatic hydroxyl groups is 4. The van der Waals surface area contributed by atoms with Crippen molar-refractivity contribution in [1.29, 1.82) is 0 Å². The van der Waals surface area contributed by atoms with Gasteiger partial charge in [0.15, 0.2) is 27.2 Å².